The van der Waals surface area contributed by atoms with Gasteiger partial charge in [0, 0.05) is 23.4 Å². The van der Waals surface area contributed by atoms with E-state index in [1.54, 1.807) is 18.2 Å². The van der Waals surface area contributed by atoms with Gasteiger partial charge in [-0.1, -0.05) is 17.9 Å². The third kappa shape index (κ3) is 3.12. The highest BCUT2D eigenvalue weighted by Crippen LogP contribution is 2.03. The molecule has 0 spiro atoms. The van der Waals surface area contributed by atoms with Gasteiger partial charge in [0.1, 0.15) is 0 Å². The fourth-order valence-electron chi connectivity index (χ4n) is 0.962. The lowest BCUT2D eigenvalue weighted by molar-refractivity contribution is 0.100. The van der Waals surface area contributed by atoms with Gasteiger partial charge >= 0.3 is 0 Å². The van der Waals surface area contributed by atoms with Crippen molar-refractivity contribution in [3.63, 3.8) is 0 Å². The van der Waals surface area contributed by atoms with Gasteiger partial charge < -0.3 is 5.73 Å². The average molecular weight is 208 g/mol. The smallest absolute Gasteiger partial charge is 0.248 e. The minimum absolute atomic E-state index is 0.439. The third-order valence-electron chi connectivity index (χ3n) is 1.60. The maximum absolute atomic E-state index is 10.8. The van der Waals surface area contributed by atoms with Gasteiger partial charge in [-0.05, 0) is 18.2 Å². The number of nitrogens with two attached hydrogens (primary N) is 1. The molecule has 0 atom stereocenters. The second kappa shape index (κ2) is 5.31. The fourth-order valence-corrected chi connectivity index (χ4v) is 1.06. The Morgan fingerprint density at radius 2 is 2.29 bits per heavy atom. The molecule has 72 valence electrons. The van der Waals surface area contributed by atoms with Crippen molar-refractivity contribution >= 4 is 17.5 Å². The number of hydrogen-bond donors (Lipinski definition) is 1. The molecule has 14 heavy (non-hydrogen) atoms. The van der Waals surface area contributed by atoms with Crippen LogP contribution < -0.4 is 5.73 Å². The first-order chi connectivity index (χ1) is 6.74. The molecule has 0 saturated heterocycles. The van der Waals surface area contributed by atoms with Crippen molar-refractivity contribution in [3.8, 4) is 11.8 Å². The SMILES string of the molecule is NC(=O)c1cccc(C#CCCCl)c1. The molecule has 0 bridgehead atoms. The summed E-state index contributed by atoms with van der Waals surface area (Å²) in [4.78, 5) is 10.8. The first-order valence-electron chi connectivity index (χ1n) is 4.18. The Bertz CT molecular complexity index is 390. The van der Waals surface area contributed by atoms with Crippen molar-refractivity contribution in [1.82, 2.24) is 0 Å². The van der Waals surface area contributed by atoms with Gasteiger partial charge in [0.05, 0.1) is 0 Å². The summed E-state index contributed by atoms with van der Waals surface area (Å²) in [5.74, 6) is 5.86. The highest BCUT2D eigenvalue weighted by Gasteiger charge is 1.98. The van der Waals surface area contributed by atoms with Crippen LogP contribution in [0.1, 0.15) is 22.3 Å². The molecule has 0 saturated carbocycles. The first-order valence-corrected chi connectivity index (χ1v) is 4.72. The lowest BCUT2D eigenvalue weighted by Crippen LogP contribution is -2.10. The Morgan fingerprint density at radius 1 is 1.50 bits per heavy atom. The predicted molar refractivity (Wildman–Crippen MR) is 57.2 cm³/mol. The molecule has 1 aromatic carbocycles. The number of hydrogen-bond acceptors (Lipinski definition) is 1. The summed E-state index contributed by atoms with van der Waals surface area (Å²) in [6.07, 6.45) is 0.641. The number of amides is 1. The zero-order valence-corrected chi connectivity index (χ0v) is 8.34. The summed E-state index contributed by atoms with van der Waals surface area (Å²) in [6, 6.07) is 6.91. The molecule has 0 unspecified atom stereocenters. The summed E-state index contributed by atoms with van der Waals surface area (Å²) in [5.41, 5.74) is 6.39. The summed E-state index contributed by atoms with van der Waals surface area (Å²) >= 11 is 5.47. The zero-order chi connectivity index (χ0) is 10.4. The van der Waals surface area contributed by atoms with Crippen molar-refractivity contribution in [2.45, 2.75) is 6.42 Å². The van der Waals surface area contributed by atoms with Gasteiger partial charge in [0.15, 0.2) is 0 Å². The summed E-state index contributed by atoms with van der Waals surface area (Å²) in [7, 11) is 0. The van der Waals surface area contributed by atoms with E-state index in [-0.39, 0.29) is 0 Å². The molecule has 1 amide bonds. The highest BCUT2D eigenvalue weighted by atomic mass is 35.5. The van der Waals surface area contributed by atoms with Crippen LogP contribution in [0.3, 0.4) is 0 Å². The van der Waals surface area contributed by atoms with Gasteiger partial charge in [-0.2, -0.15) is 0 Å². The van der Waals surface area contributed by atoms with E-state index < -0.39 is 5.91 Å². The summed E-state index contributed by atoms with van der Waals surface area (Å²) < 4.78 is 0. The van der Waals surface area contributed by atoms with Gasteiger partial charge in [-0.25, -0.2) is 0 Å². The van der Waals surface area contributed by atoms with Crippen LogP contribution in [0.15, 0.2) is 24.3 Å². The predicted octanol–water partition coefficient (Wildman–Crippen LogP) is 1.77. The number of benzene rings is 1. The monoisotopic (exact) mass is 207 g/mol. The number of carbonyl (C=O) groups is 1. The van der Waals surface area contributed by atoms with Gasteiger partial charge in [-0.3, -0.25) is 4.79 Å². The first kappa shape index (κ1) is 10.6. The molecule has 1 rings (SSSR count). The zero-order valence-electron chi connectivity index (χ0n) is 7.59. The second-order valence-electron chi connectivity index (χ2n) is 2.69. The Hall–Kier alpha value is -1.46. The maximum Gasteiger partial charge on any atom is 0.248 e. The molecular formula is C11H10ClNO. The third-order valence-corrected chi connectivity index (χ3v) is 1.79. The van der Waals surface area contributed by atoms with Crippen LogP contribution in [0.25, 0.3) is 0 Å². The number of rotatable bonds is 2. The van der Waals surface area contributed by atoms with E-state index in [1.165, 1.54) is 0 Å². The molecule has 0 radical (unpaired) electrons. The Balaban J connectivity index is 2.85. The molecule has 0 aromatic heterocycles. The van der Waals surface area contributed by atoms with E-state index >= 15 is 0 Å². The van der Waals surface area contributed by atoms with Gasteiger partial charge in [0.25, 0.3) is 0 Å². The molecule has 0 fully saturated rings. The molecule has 3 heteroatoms. The van der Waals surface area contributed by atoms with Gasteiger partial charge in [0.2, 0.25) is 5.91 Å². The molecule has 1 aromatic rings. The molecule has 0 aliphatic rings. The molecule has 2 N–H and O–H groups in total. The van der Waals surface area contributed by atoms with E-state index in [0.717, 1.165) is 5.56 Å². The van der Waals surface area contributed by atoms with Crippen LogP contribution in [0.5, 0.6) is 0 Å². The van der Waals surface area contributed by atoms with E-state index in [0.29, 0.717) is 17.9 Å². The summed E-state index contributed by atoms with van der Waals surface area (Å²) in [5, 5.41) is 0. The molecule has 2 nitrogen and oxygen atoms in total. The van der Waals surface area contributed by atoms with E-state index in [2.05, 4.69) is 11.8 Å². The second-order valence-corrected chi connectivity index (χ2v) is 3.06. The normalized spacial score (nSPS) is 8.93. The van der Waals surface area contributed by atoms with Crippen molar-refractivity contribution in [3.05, 3.63) is 35.4 Å². The van der Waals surface area contributed by atoms with Crippen LogP contribution >= 0.6 is 11.6 Å². The average Bonchev–Trinajstić information content (AvgIpc) is 2.19. The number of alkyl halides is 1. The van der Waals surface area contributed by atoms with E-state index in [9.17, 15) is 4.79 Å². The fraction of sp³-hybridized carbons (Fsp3) is 0.182. The Labute approximate surface area is 88.1 Å². The lowest BCUT2D eigenvalue weighted by atomic mass is 10.1. The summed E-state index contributed by atoms with van der Waals surface area (Å²) in [6.45, 7) is 0. The van der Waals surface area contributed by atoms with E-state index in [1.807, 2.05) is 6.07 Å². The molecule has 0 aliphatic carbocycles. The van der Waals surface area contributed by atoms with Crippen molar-refractivity contribution in [2.24, 2.45) is 5.73 Å². The number of halogens is 1. The minimum atomic E-state index is -0.439. The van der Waals surface area contributed by atoms with Crippen LogP contribution in [0.2, 0.25) is 0 Å². The molecule has 0 aliphatic heterocycles. The topological polar surface area (TPSA) is 43.1 Å². The van der Waals surface area contributed by atoms with Crippen LogP contribution in [0.4, 0.5) is 0 Å². The van der Waals surface area contributed by atoms with Gasteiger partial charge in [-0.15, -0.1) is 11.6 Å². The van der Waals surface area contributed by atoms with Crippen molar-refractivity contribution in [1.29, 1.82) is 0 Å². The Kier molecular flexibility index (Phi) is 4.03. The van der Waals surface area contributed by atoms with E-state index in [4.69, 9.17) is 17.3 Å². The van der Waals surface area contributed by atoms with Crippen LogP contribution in [-0.2, 0) is 0 Å². The van der Waals surface area contributed by atoms with Crippen molar-refractivity contribution in [2.75, 3.05) is 5.88 Å². The highest BCUT2D eigenvalue weighted by molar-refractivity contribution is 6.18. The quantitative estimate of drug-likeness (QED) is 0.583. The number of carbonyl (C=O) groups excluding carboxylic acids is 1. The van der Waals surface area contributed by atoms with Crippen LogP contribution in [-0.4, -0.2) is 11.8 Å². The van der Waals surface area contributed by atoms with Crippen molar-refractivity contribution < 1.29 is 4.79 Å². The number of primary amides is 1. The molecular weight excluding hydrogens is 198 g/mol. The standard InChI is InChI=1S/C11H10ClNO/c12-7-2-1-4-9-5-3-6-10(8-9)11(13)14/h3,5-6,8H,2,7H2,(H2,13,14). The van der Waals surface area contributed by atoms with Crippen LogP contribution in [0, 0.1) is 11.8 Å². The minimum Gasteiger partial charge on any atom is -0.366 e. The Morgan fingerprint density at radius 3 is 2.93 bits per heavy atom. The largest absolute Gasteiger partial charge is 0.366 e. The lowest BCUT2D eigenvalue weighted by Gasteiger charge is -1.94. The maximum atomic E-state index is 10.8. The molecule has 0 heterocycles.